The third-order valence-electron chi connectivity index (χ3n) is 4.53. The standard InChI is InChI=1S/C21H17ClN2O3S2/c1-3-27-20(26)17-12(2)23-21-24(18(17)14-8-4-5-9-15(14)22)19(25)16(29-21)11-13-7-6-10-28-13/h4-11,18H,3H2,1-2H3/t18-/m0/s1. The molecule has 0 saturated carbocycles. The van der Waals surface area contributed by atoms with Gasteiger partial charge >= 0.3 is 5.97 Å². The third kappa shape index (κ3) is 3.61. The summed E-state index contributed by atoms with van der Waals surface area (Å²) >= 11 is 9.32. The number of hydrogen-bond acceptors (Lipinski definition) is 6. The Balaban J connectivity index is 2.00. The van der Waals surface area contributed by atoms with Crippen LogP contribution in [0.1, 0.15) is 30.3 Å². The maximum absolute atomic E-state index is 13.3. The molecule has 1 aliphatic heterocycles. The molecular weight excluding hydrogens is 428 g/mol. The van der Waals surface area contributed by atoms with Crippen LogP contribution in [0.15, 0.2) is 62.8 Å². The molecule has 8 heteroatoms. The first kappa shape index (κ1) is 19.8. The summed E-state index contributed by atoms with van der Waals surface area (Å²) in [6, 6.07) is 10.4. The van der Waals surface area contributed by atoms with Crippen molar-refractivity contribution in [2.75, 3.05) is 6.61 Å². The van der Waals surface area contributed by atoms with Gasteiger partial charge in [-0.2, -0.15) is 0 Å². The van der Waals surface area contributed by atoms with Gasteiger partial charge in [-0.1, -0.05) is 47.2 Å². The van der Waals surface area contributed by atoms with Gasteiger partial charge in [0.05, 0.1) is 22.4 Å². The van der Waals surface area contributed by atoms with Crippen molar-refractivity contribution in [3.8, 4) is 0 Å². The number of carbonyl (C=O) groups is 1. The number of thiophene rings is 1. The Morgan fingerprint density at radius 3 is 2.79 bits per heavy atom. The smallest absolute Gasteiger partial charge is 0.338 e. The number of thiazole rings is 1. The zero-order valence-corrected chi connectivity index (χ0v) is 18.1. The zero-order chi connectivity index (χ0) is 20.5. The summed E-state index contributed by atoms with van der Waals surface area (Å²) < 4.78 is 7.38. The van der Waals surface area contributed by atoms with Crippen LogP contribution in [0.25, 0.3) is 6.08 Å². The third-order valence-corrected chi connectivity index (χ3v) is 6.68. The van der Waals surface area contributed by atoms with E-state index in [-0.39, 0.29) is 12.2 Å². The summed E-state index contributed by atoms with van der Waals surface area (Å²) in [5.74, 6) is -0.494. The quantitative estimate of drug-likeness (QED) is 0.578. The van der Waals surface area contributed by atoms with E-state index in [1.54, 1.807) is 35.8 Å². The van der Waals surface area contributed by atoms with Crippen molar-refractivity contribution in [1.82, 2.24) is 4.57 Å². The predicted octanol–water partition coefficient (Wildman–Crippen LogP) is 3.51. The number of rotatable bonds is 4. The molecule has 5 nitrogen and oxygen atoms in total. The summed E-state index contributed by atoms with van der Waals surface area (Å²) in [6.07, 6.45) is 1.85. The van der Waals surface area contributed by atoms with E-state index < -0.39 is 12.0 Å². The van der Waals surface area contributed by atoms with Gasteiger partial charge in [0.1, 0.15) is 6.04 Å². The van der Waals surface area contributed by atoms with Crippen molar-refractivity contribution in [2.24, 2.45) is 4.99 Å². The van der Waals surface area contributed by atoms with Gasteiger partial charge in [-0.3, -0.25) is 9.36 Å². The molecule has 148 valence electrons. The number of aromatic nitrogens is 1. The summed E-state index contributed by atoms with van der Waals surface area (Å²) in [7, 11) is 0. The molecule has 0 N–H and O–H groups in total. The molecule has 0 spiro atoms. The van der Waals surface area contributed by atoms with Crippen LogP contribution in [-0.4, -0.2) is 17.1 Å². The van der Waals surface area contributed by atoms with Crippen molar-refractivity contribution >= 4 is 46.3 Å². The van der Waals surface area contributed by atoms with E-state index in [1.807, 2.05) is 41.8 Å². The number of hydrogen-bond donors (Lipinski definition) is 0. The van der Waals surface area contributed by atoms with E-state index in [0.29, 0.717) is 31.2 Å². The first-order chi connectivity index (χ1) is 14.0. The van der Waals surface area contributed by atoms with E-state index in [4.69, 9.17) is 16.3 Å². The van der Waals surface area contributed by atoms with Crippen LogP contribution in [0.2, 0.25) is 5.02 Å². The Morgan fingerprint density at radius 1 is 1.31 bits per heavy atom. The molecular formula is C21H17ClN2O3S2. The molecule has 0 aliphatic carbocycles. The average Bonchev–Trinajstić information content (AvgIpc) is 3.30. The van der Waals surface area contributed by atoms with Gasteiger partial charge in [-0.05, 0) is 43.0 Å². The van der Waals surface area contributed by atoms with Crippen LogP contribution in [0, 0.1) is 0 Å². The average molecular weight is 445 g/mol. The van der Waals surface area contributed by atoms with Crippen molar-refractivity contribution < 1.29 is 9.53 Å². The summed E-state index contributed by atoms with van der Waals surface area (Å²) in [4.78, 5) is 32.2. The number of benzene rings is 1. The molecule has 3 heterocycles. The normalized spacial score (nSPS) is 16.5. The lowest BCUT2D eigenvalue weighted by Gasteiger charge is -2.25. The van der Waals surface area contributed by atoms with Crippen molar-refractivity contribution in [3.63, 3.8) is 0 Å². The van der Waals surface area contributed by atoms with E-state index in [0.717, 1.165) is 4.88 Å². The van der Waals surface area contributed by atoms with Gasteiger partial charge in [0.25, 0.3) is 5.56 Å². The Kier molecular flexibility index (Phi) is 5.54. The molecule has 2 aromatic heterocycles. The minimum absolute atomic E-state index is 0.207. The van der Waals surface area contributed by atoms with Gasteiger partial charge in [0.2, 0.25) is 0 Å². The van der Waals surface area contributed by atoms with E-state index in [2.05, 4.69) is 4.99 Å². The highest BCUT2D eigenvalue weighted by atomic mass is 35.5. The molecule has 1 atom stereocenters. The van der Waals surface area contributed by atoms with Gasteiger partial charge in [-0.25, -0.2) is 9.79 Å². The second-order valence-corrected chi connectivity index (χ2v) is 8.73. The van der Waals surface area contributed by atoms with Crippen LogP contribution in [0.3, 0.4) is 0 Å². The lowest BCUT2D eigenvalue weighted by Crippen LogP contribution is -2.40. The number of nitrogens with zero attached hydrogens (tertiary/aromatic N) is 2. The molecule has 0 fully saturated rings. The van der Waals surface area contributed by atoms with Crippen molar-refractivity contribution in [1.29, 1.82) is 0 Å². The highest BCUT2D eigenvalue weighted by molar-refractivity contribution is 7.11. The number of fused-ring (bicyclic) bond motifs is 1. The minimum atomic E-state index is -0.690. The van der Waals surface area contributed by atoms with Crippen LogP contribution < -0.4 is 14.9 Å². The van der Waals surface area contributed by atoms with Crippen LogP contribution in [-0.2, 0) is 9.53 Å². The monoisotopic (exact) mass is 444 g/mol. The maximum atomic E-state index is 13.3. The fraction of sp³-hybridized carbons (Fsp3) is 0.190. The van der Waals surface area contributed by atoms with Gasteiger partial charge < -0.3 is 4.74 Å². The predicted molar refractivity (Wildman–Crippen MR) is 116 cm³/mol. The molecule has 0 amide bonds. The Hall–Kier alpha value is -2.48. The molecule has 1 aliphatic rings. The van der Waals surface area contributed by atoms with Gasteiger partial charge in [-0.15, -0.1) is 11.3 Å². The largest absolute Gasteiger partial charge is 0.463 e. The molecule has 0 radical (unpaired) electrons. The number of halogens is 1. The van der Waals surface area contributed by atoms with Crippen molar-refractivity contribution in [2.45, 2.75) is 19.9 Å². The highest BCUT2D eigenvalue weighted by Crippen LogP contribution is 2.34. The first-order valence-electron chi connectivity index (χ1n) is 8.99. The lowest BCUT2D eigenvalue weighted by atomic mass is 9.96. The summed E-state index contributed by atoms with van der Waals surface area (Å²) in [5, 5.41) is 2.43. The Morgan fingerprint density at radius 2 is 2.10 bits per heavy atom. The topological polar surface area (TPSA) is 60.7 Å². The van der Waals surface area contributed by atoms with Crippen LogP contribution >= 0.6 is 34.3 Å². The Labute approximate surface area is 179 Å². The highest BCUT2D eigenvalue weighted by Gasteiger charge is 2.34. The molecule has 0 unspecified atom stereocenters. The SMILES string of the molecule is CCOC(=O)C1=C(C)N=c2sc(=Cc3cccs3)c(=O)n2[C@H]1c1ccccc1Cl. The van der Waals surface area contributed by atoms with Crippen LogP contribution in [0.4, 0.5) is 0 Å². The number of allylic oxidation sites excluding steroid dienone is 1. The molecule has 29 heavy (non-hydrogen) atoms. The van der Waals surface area contributed by atoms with Gasteiger partial charge in [0.15, 0.2) is 4.80 Å². The molecule has 3 aromatic rings. The number of carbonyl (C=O) groups excluding carboxylic acids is 1. The lowest BCUT2D eigenvalue weighted by molar-refractivity contribution is -0.139. The fourth-order valence-corrected chi connectivity index (χ4v) is 5.29. The van der Waals surface area contributed by atoms with Crippen molar-refractivity contribution in [3.05, 3.63) is 88.2 Å². The fourth-order valence-electron chi connectivity index (χ4n) is 3.29. The molecule has 4 rings (SSSR count). The van der Waals surface area contributed by atoms with E-state index in [1.165, 1.54) is 11.3 Å². The first-order valence-corrected chi connectivity index (χ1v) is 11.1. The summed E-state index contributed by atoms with van der Waals surface area (Å²) in [6.45, 7) is 3.73. The molecule has 0 saturated heterocycles. The second-order valence-electron chi connectivity index (χ2n) is 6.34. The second kappa shape index (κ2) is 8.10. The summed E-state index contributed by atoms with van der Waals surface area (Å²) in [5.41, 5.74) is 1.31. The minimum Gasteiger partial charge on any atom is -0.463 e. The van der Waals surface area contributed by atoms with E-state index >= 15 is 0 Å². The van der Waals surface area contributed by atoms with Gasteiger partial charge in [0, 0.05) is 9.90 Å². The number of esters is 1. The zero-order valence-electron chi connectivity index (χ0n) is 15.7. The molecule has 1 aromatic carbocycles. The van der Waals surface area contributed by atoms with Crippen LogP contribution in [0.5, 0.6) is 0 Å². The number of ether oxygens (including phenoxy) is 1. The van der Waals surface area contributed by atoms with E-state index in [9.17, 15) is 9.59 Å². The maximum Gasteiger partial charge on any atom is 0.338 e. The molecule has 0 bridgehead atoms. The Bertz CT molecular complexity index is 1290.